The number of carbonyl (C=O) groups is 2. The number of halogens is 1. The van der Waals surface area contributed by atoms with Crippen molar-refractivity contribution < 1.29 is 9.59 Å². The van der Waals surface area contributed by atoms with Crippen molar-refractivity contribution in [3.8, 4) is 0 Å². The molecule has 2 aromatic rings. The van der Waals surface area contributed by atoms with Crippen LogP contribution >= 0.6 is 11.6 Å². The fourth-order valence-electron chi connectivity index (χ4n) is 2.94. The molecule has 1 aliphatic carbocycles. The van der Waals surface area contributed by atoms with Crippen LogP contribution in [-0.2, 0) is 4.79 Å². The van der Waals surface area contributed by atoms with E-state index >= 15 is 0 Å². The second kappa shape index (κ2) is 5.90. The summed E-state index contributed by atoms with van der Waals surface area (Å²) in [6.45, 7) is 1.56. The van der Waals surface area contributed by atoms with Crippen LogP contribution in [0.3, 0.4) is 0 Å². The number of Topliss-reactive ketones (excluding diaryl/α,β-unsaturated/α-hetero) is 2. The van der Waals surface area contributed by atoms with Crippen molar-refractivity contribution >= 4 is 29.2 Å². The molecule has 0 radical (unpaired) electrons. The van der Waals surface area contributed by atoms with Crippen LogP contribution in [0.5, 0.6) is 0 Å². The summed E-state index contributed by atoms with van der Waals surface area (Å²) in [6, 6.07) is 14.9. The molecular weight excluding hydrogens is 296 g/mol. The Morgan fingerprint density at radius 1 is 1.18 bits per heavy atom. The molecule has 3 heteroatoms. The summed E-state index contributed by atoms with van der Waals surface area (Å²) in [5, 5.41) is 0.625. The van der Waals surface area contributed by atoms with Crippen molar-refractivity contribution in [3.05, 3.63) is 75.8 Å². The molecule has 0 saturated carbocycles. The molecule has 0 spiro atoms. The van der Waals surface area contributed by atoms with Gasteiger partial charge in [0.25, 0.3) is 0 Å². The quantitative estimate of drug-likeness (QED) is 0.771. The van der Waals surface area contributed by atoms with E-state index in [9.17, 15) is 9.59 Å². The molecule has 0 fully saturated rings. The summed E-state index contributed by atoms with van der Waals surface area (Å²) in [6.07, 6.45) is 2.19. The van der Waals surface area contributed by atoms with Crippen molar-refractivity contribution in [2.75, 3.05) is 0 Å². The summed E-state index contributed by atoms with van der Waals surface area (Å²) >= 11 is 6.01. The molecule has 0 amide bonds. The molecular formula is C19H15ClO2. The lowest BCUT2D eigenvalue weighted by Crippen LogP contribution is -2.05. The highest BCUT2D eigenvalue weighted by molar-refractivity contribution is 6.30. The number of rotatable bonds is 3. The Balaban J connectivity index is 2.09. The van der Waals surface area contributed by atoms with Gasteiger partial charge in [0.15, 0.2) is 5.78 Å². The minimum atomic E-state index is -0.166. The maximum atomic E-state index is 12.7. The first-order chi connectivity index (χ1) is 10.6. The summed E-state index contributed by atoms with van der Waals surface area (Å²) in [7, 11) is 0. The minimum Gasteiger partial charge on any atom is -0.300 e. The van der Waals surface area contributed by atoms with Gasteiger partial charge in [-0.2, -0.15) is 0 Å². The number of allylic oxidation sites excluding steroid dienone is 1. The molecule has 0 heterocycles. The van der Waals surface area contributed by atoms with E-state index in [1.165, 1.54) is 0 Å². The third-order valence-corrected chi connectivity index (χ3v) is 4.12. The zero-order valence-electron chi connectivity index (χ0n) is 12.2. The fourth-order valence-corrected chi connectivity index (χ4v) is 3.14. The number of hydrogen-bond acceptors (Lipinski definition) is 2. The Morgan fingerprint density at radius 2 is 1.95 bits per heavy atom. The second-order valence-electron chi connectivity index (χ2n) is 5.53. The zero-order chi connectivity index (χ0) is 15.7. The second-order valence-corrected chi connectivity index (χ2v) is 5.97. The van der Waals surface area contributed by atoms with E-state index in [-0.39, 0.29) is 17.5 Å². The van der Waals surface area contributed by atoms with Gasteiger partial charge < -0.3 is 0 Å². The van der Waals surface area contributed by atoms with Gasteiger partial charge in [-0.15, -0.1) is 0 Å². The predicted molar refractivity (Wildman–Crippen MR) is 88.2 cm³/mol. The number of fused-ring (bicyclic) bond motifs is 1. The average Bonchev–Trinajstić information content (AvgIpc) is 2.73. The van der Waals surface area contributed by atoms with E-state index in [2.05, 4.69) is 0 Å². The van der Waals surface area contributed by atoms with E-state index in [1.807, 2.05) is 48.5 Å². The van der Waals surface area contributed by atoms with Crippen molar-refractivity contribution in [3.63, 3.8) is 0 Å². The van der Waals surface area contributed by atoms with E-state index in [0.717, 1.165) is 11.1 Å². The fraction of sp³-hybridized carbons (Fsp3) is 0.158. The van der Waals surface area contributed by atoms with Gasteiger partial charge in [0.1, 0.15) is 5.78 Å². The van der Waals surface area contributed by atoms with Crippen LogP contribution < -0.4 is 0 Å². The van der Waals surface area contributed by atoms with Crippen LogP contribution in [0.15, 0.2) is 54.1 Å². The Labute approximate surface area is 134 Å². The van der Waals surface area contributed by atoms with Crippen molar-refractivity contribution in [1.82, 2.24) is 0 Å². The van der Waals surface area contributed by atoms with Gasteiger partial charge >= 0.3 is 0 Å². The Bertz CT molecular complexity index is 790. The summed E-state index contributed by atoms with van der Waals surface area (Å²) in [4.78, 5) is 24.3. The summed E-state index contributed by atoms with van der Waals surface area (Å²) in [5.74, 6) is -0.0893. The molecule has 1 atom stereocenters. The zero-order valence-corrected chi connectivity index (χ0v) is 12.9. The minimum absolute atomic E-state index is 0.00169. The lowest BCUT2D eigenvalue weighted by Gasteiger charge is -2.11. The van der Waals surface area contributed by atoms with Crippen LogP contribution in [0.1, 0.15) is 40.7 Å². The molecule has 1 unspecified atom stereocenters. The van der Waals surface area contributed by atoms with Gasteiger partial charge in [0.2, 0.25) is 0 Å². The molecule has 2 nitrogen and oxygen atoms in total. The summed E-state index contributed by atoms with van der Waals surface area (Å²) < 4.78 is 0. The maximum Gasteiger partial charge on any atom is 0.189 e. The first kappa shape index (κ1) is 14.7. The molecule has 0 bridgehead atoms. The smallest absolute Gasteiger partial charge is 0.189 e. The van der Waals surface area contributed by atoms with Crippen molar-refractivity contribution in [2.45, 2.75) is 19.3 Å². The molecule has 0 saturated heterocycles. The van der Waals surface area contributed by atoms with Gasteiger partial charge in [-0.3, -0.25) is 9.59 Å². The number of hydrogen-bond donors (Lipinski definition) is 0. The first-order valence-electron chi connectivity index (χ1n) is 7.16. The lowest BCUT2D eigenvalue weighted by molar-refractivity contribution is -0.117. The van der Waals surface area contributed by atoms with Gasteiger partial charge in [-0.1, -0.05) is 48.0 Å². The van der Waals surface area contributed by atoms with E-state index in [0.29, 0.717) is 22.6 Å². The molecule has 3 rings (SSSR count). The number of carbonyl (C=O) groups excluding carboxylic acids is 2. The third kappa shape index (κ3) is 2.75. The van der Waals surface area contributed by atoms with Gasteiger partial charge in [0.05, 0.1) is 0 Å². The molecule has 22 heavy (non-hydrogen) atoms. The van der Waals surface area contributed by atoms with Gasteiger partial charge in [-0.25, -0.2) is 0 Å². The first-order valence-corrected chi connectivity index (χ1v) is 7.54. The van der Waals surface area contributed by atoms with E-state index < -0.39 is 0 Å². The number of ketones is 2. The largest absolute Gasteiger partial charge is 0.300 e. The van der Waals surface area contributed by atoms with Crippen LogP contribution in [0, 0.1) is 0 Å². The average molecular weight is 311 g/mol. The Morgan fingerprint density at radius 3 is 2.68 bits per heavy atom. The Hall–Kier alpha value is -2.19. The van der Waals surface area contributed by atoms with Gasteiger partial charge in [0, 0.05) is 28.5 Å². The monoisotopic (exact) mass is 310 g/mol. The predicted octanol–water partition coefficient (Wildman–Crippen LogP) is 4.68. The SMILES string of the molecule is CC(=O)CC1/C(=C/c2cccc(Cl)c2)C(=O)c2ccccc21. The third-order valence-electron chi connectivity index (χ3n) is 3.88. The van der Waals surface area contributed by atoms with Crippen LogP contribution in [0.4, 0.5) is 0 Å². The highest BCUT2D eigenvalue weighted by atomic mass is 35.5. The lowest BCUT2D eigenvalue weighted by atomic mass is 9.91. The normalized spacial score (nSPS) is 18.5. The maximum absolute atomic E-state index is 12.7. The van der Waals surface area contributed by atoms with E-state index in [1.54, 1.807) is 13.0 Å². The molecule has 1 aliphatic rings. The van der Waals surface area contributed by atoms with Gasteiger partial charge in [-0.05, 0) is 36.3 Å². The Kier molecular flexibility index (Phi) is 3.95. The highest BCUT2D eigenvalue weighted by Gasteiger charge is 2.34. The molecule has 0 N–H and O–H groups in total. The van der Waals surface area contributed by atoms with Crippen molar-refractivity contribution in [2.24, 2.45) is 0 Å². The van der Waals surface area contributed by atoms with Crippen LogP contribution in [-0.4, -0.2) is 11.6 Å². The van der Waals surface area contributed by atoms with Crippen LogP contribution in [0.2, 0.25) is 5.02 Å². The molecule has 0 aliphatic heterocycles. The van der Waals surface area contributed by atoms with Crippen LogP contribution in [0.25, 0.3) is 6.08 Å². The topological polar surface area (TPSA) is 34.1 Å². The molecule has 110 valence electrons. The standard InChI is InChI=1S/C19H15ClO2/c1-12(21)9-17-15-7-2-3-8-16(15)19(22)18(17)11-13-5-4-6-14(20)10-13/h2-8,10-11,17H,9H2,1H3/b18-11-. The molecule has 2 aromatic carbocycles. The summed E-state index contributed by atoms with van der Waals surface area (Å²) in [5.41, 5.74) is 3.17. The molecule has 0 aromatic heterocycles. The number of benzene rings is 2. The van der Waals surface area contributed by atoms with E-state index in [4.69, 9.17) is 11.6 Å². The van der Waals surface area contributed by atoms with Crippen molar-refractivity contribution in [1.29, 1.82) is 0 Å². The highest BCUT2D eigenvalue weighted by Crippen LogP contribution is 2.40.